The van der Waals surface area contributed by atoms with Gasteiger partial charge in [-0.25, -0.2) is 0 Å². The highest BCUT2D eigenvalue weighted by atomic mass is 16.3. The number of nitrogens with zero attached hydrogens (tertiary/aromatic N) is 1. The van der Waals surface area contributed by atoms with Crippen LogP contribution in [0.4, 0.5) is 0 Å². The molecule has 0 spiro atoms. The number of hydrogen-bond donors (Lipinski definition) is 2. The van der Waals surface area contributed by atoms with Gasteiger partial charge in [0.05, 0.1) is 11.7 Å². The van der Waals surface area contributed by atoms with Crippen molar-refractivity contribution in [3.8, 4) is 5.75 Å². The third kappa shape index (κ3) is 2.34. The molecule has 0 aliphatic carbocycles. The number of β-amino-alcohol motifs (C(OH)–C–C–N with tert-alkyl or cyclic N) is 1. The lowest BCUT2D eigenvalue weighted by molar-refractivity contribution is 0.0471. The molecule has 0 bridgehead atoms. The minimum Gasteiger partial charge on any atom is -0.507 e. The summed E-state index contributed by atoms with van der Waals surface area (Å²) in [6.45, 7) is 0.966. The number of aliphatic hydroxyl groups is 1. The Morgan fingerprint density at radius 2 is 1.90 bits per heavy atom. The Kier molecular flexibility index (Phi) is 3.32. The minimum absolute atomic E-state index is 0.00577. The van der Waals surface area contributed by atoms with Crippen molar-refractivity contribution in [1.82, 2.24) is 4.90 Å². The van der Waals surface area contributed by atoms with Crippen molar-refractivity contribution in [2.24, 2.45) is 0 Å². The number of carbonyl (C=O) groups excluding carboxylic acids is 1. The first-order valence-corrected chi connectivity index (χ1v) is 6.84. The van der Waals surface area contributed by atoms with E-state index in [0.717, 1.165) is 23.6 Å². The Morgan fingerprint density at radius 1 is 1.20 bits per heavy atom. The van der Waals surface area contributed by atoms with Crippen LogP contribution in [0.25, 0.3) is 10.8 Å². The van der Waals surface area contributed by atoms with Crippen molar-refractivity contribution < 1.29 is 15.0 Å². The maximum atomic E-state index is 12.5. The van der Waals surface area contributed by atoms with Crippen molar-refractivity contribution in [2.75, 3.05) is 13.1 Å². The van der Waals surface area contributed by atoms with Gasteiger partial charge in [0.2, 0.25) is 0 Å². The zero-order valence-corrected chi connectivity index (χ0v) is 11.1. The van der Waals surface area contributed by atoms with E-state index in [1.165, 1.54) is 0 Å². The summed E-state index contributed by atoms with van der Waals surface area (Å²) in [6.07, 6.45) is 1.06. The Balaban J connectivity index is 1.96. The number of phenolic OH excluding ortho intramolecular Hbond substituents is 1. The summed E-state index contributed by atoms with van der Waals surface area (Å²) in [5.41, 5.74) is 0.304. The molecule has 0 aromatic heterocycles. The molecule has 1 saturated heterocycles. The fourth-order valence-electron chi connectivity index (χ4n) is 2.71. The molecule has 1 fully saturated rings. The van der Waals surface area contributed by atoms with Gasteiger partial charge < -0.3 is 15.1 Å². The zero-order valence-electron chi connectivity index (χ0n) is 11.1. The Bertz CT molecular complexity index is 653. The third-order valence-electron chi connectivity index (χ3n) is 3.78. The third-order valence-corrected chi connectivity index (χ3v) is 3.78. The van der Waals surface area contributed by atoms with Gasteiger partial charge in [-0.15, -0.1) is 0 Å². The second-order valence-corrected chi connectivity index (χ2v) is 5.26. The van der Waals surface area contributed by atoms with Crippen molar-refractivity contribution in [3.63, 3.8) is 0 Å². The smallest absolute Gasteiger partial charge is 0.257 e. The molecule has 4 nitrogen and oxygen atoms in total. The molecule has 0 saturated carbocycles. The fourth-order valence-corrected chi connectivity index (χ4v) is 2.71. The first kappa shape index (κ1) is 12.9. The number of rotatable bonds is 1. The molecule has 1 atom stereocenters. The molecule has 2 aromatic rings. The number of aliphatic hydroxyl groups excluding tert-OH is 1. The van der Waals surface area contributed by atoms with Crippen LogP contribution in [0.1, 0.15) is 23.2 Å². The molecule has 2 N–H and O–H groups in total. The van der Waals surface area contributed by atoms with E-state index >= 15 is 0 Å². The largest absolute Gasteiger partial charge is 0.507 e. The van der Waals surface area contributed by atoms with Gasteiger partial charge in [0.15, 0.2) is 0 Å². The summed E-state index contributed by atoms with van der Waals surface area (Å²) >= 11 is 0. The van der Waals surface area contributed by atoms with Crippen molar-refractivity contribution in [3.05, 3.63) is 42.0 Å². The van der Waals surface area contributed by atoms with E-state index < -0.39 is 6.10 Å². The normalized spacial score (nSPS) is 19.2. The number of benzene rings is 2. The lowest BCUT2D eigenvalue weighted by Gasteiger charge is -2.30. The van der Waals surface area contributed by atoms with E-state index in [1.54, 1.807) is 17.0 Å². The van der Waals surface area contributed by atoms with Gasteiger partial charge in [0.25, 0.3) is 5.91 Å². The topological polar surface area (TPSA) is 60.8 Å². The van der Waals surface area contributed by atoms with Gasteiger partial charge in [0, 0.05) is 13.1 Å². The molecule has 3 rings (SSSR count). The van der Waals surface area contributed by atoms with Crippen molar-refractivity contribution in [2.45, 2.75) is 18.9 Å². The Hall–Kier alpha value is -2.07. The minimum atomic E-state index is -0.463. The van der Waals surface area contributed by atoms with Crippen LogP contribution < -0.4 is 0 Å². The van der Waals surface area contributed by atoms with Gasteiger partial charge in [0.1, 0.15) is 5.75 Å². The van der Waals surface area contributed by atoms with Crippen LogP contribution in [0.3, 0.4) is 0 Å². The highest BCUT2D eigenvalue weighted by molar-refractivity contribution is 6.01. The molecule has 2 aromatic carbocycles. The molecule has 4 heteroatoms. The fraction of sp³-hybridized carbons (Fsp3) is 0.312. The van der Waals surface area contributed by atoms with Crippen molar-refractivity contribution >= 4 is 16.7 Å². The van der Waals surface area contributed by atoms with Crippen LogP contribution in [-0.2, 0) is 0 Å². The average Bonchev–Trinajstić information content (AvgIpc) is 2.46. The molecule has 104 valence electrons. The number of fused-ring (bicyclic) bond motifs is 1. The molecule has 0 radical (unpaired) electrons. The van der Waals surface area contributed by atoms with Gasteiger partial charge >= 0.3 is 0 Å². The van der Waals surface area contributed by atoms with Crippen LogP contribution in [0.5, 0.6) is 5.75 Å². The maximum absolute atomic E-state index is 12.5. The second kappa shape index (κ2) is 5.13. The number of phenols is 1. The summed E-state index contributed by atoms with van der Waals surface area (Å²) in [4.78, 5) is 14.1. The monoisotopic (exact) mass is 271 g/mol. The van der Waals surface area contributed by atoms with E-state index in [4.69, 9.17) is 0 Å². The maximum Gasteiger partial charge on any atom is 0.257 e. The highest BCUT2D eigenvalue weighted by Crippen LogP contribution is 2.27. The first-order valence-electron chi connectivity index (χ1n) is 6.84. The van der Waals surface area contributed by atoms with Gasteiger partial charge in [-0.3, -0.25) is 4.79 Å². The zero-order chi connectivity index (χ0) is 14.1. The lowest BCUT2D eigenvalue weighted by atomic mass is 10.0. The number of piperidine rings is 1. The Morgan fingerprint density at radius 3 is 2.60 bits per heavy atom. The Labute approximate surface area is 117 Å². The lowest BCUT2D eigenvalue weighted by Crippen LogP contribution is -2.42. The second-order valence-electron chi connectivity index (χ2n) is 5.26. The van der Waals surface area contributed by atoms with Gasteiger partial charge in [-0.1, -0.05) is 24.3 Å². The number of carbonyl (C=O) groups is 1. The summed E-state index contributed by atoms with van der Waals surface area (Å²) in [5, 5.41) is 21.6. The summed E-state index contributed by atoms with van der Waals surface area (Å²) in [5.74, 6) is -0.222. The molecule has 1 amide bonds. The van der Waals surface area contributed by atoms with Crippen LogP contribution in [0.15, 0.2) is 36.4 Å². The predicted octanol–water partition coefficient (Wildman–Crippen LogP) is 2.14. The van der Waals surface area contributed by atoms with E-state index in [0.29, 0.717) is 18.7 Å². The quantitative estimate of drug-likeness (QED) is 0.835. The van der Waals surface area contributed by atoms with E-state index in [9.17, 15) is 15.0 Å². The standard InChI is InChI=1S/C16H17NO3/c18-13-6-3-7-17(10-13)16(20)14-8-11-4-1-2-5-12(11)9-15(14)19/h1-2,4-5,8-9,13,18-19H,3,6-7,10H2. The molecule has 1 aliphatic heterocycles. The van der Waals surface area contributed by atoms with E-state index in [2.05, 4.69) is 0 Å². The van der Waals surface area contributed by atoms with Crippen LogP contribution in [-0.4, -0.2) is 40.2 Å². The number of hydrogen-bond acceptors (Lipinski definition) is 3. The summed E-state index contributed by atoms with van der Waals surface area (Å²) < 4.78 is 0. The molecule has 1 aliphatic rings. The van der Waals surface area contributed by atoms with Crippen LogP contribution >= 0.6 is 0 Å². The predicted molar refractivity (Wildman–Crippen MR) is 76.8 cm³/mol. The van der Waals surface area contributed by atoms with Crippen molar-refractivity contribution in [1.29, 1.82) is 0 Å². The van der Waals surface area contributed by atoms with E-state index in [-0.39, 0.29) is 11.7 Å². The highest BCUT2D eigenvalue weighted by Gasteiger charge is 2.25. The summed E-state index contributed by atoms with van der Waals surface area (Å²) in [6, 6.07) is 10.9. The summed E-state index contributed by atoms with van der Waals surface area (Å²) in [7, 11) is 0. The molecule has 1 heterocycles. The SMILES string of the molecule is O=C(c1cc2ccccc2cc1O)N1CCCC(O)C1. The molecule has 20 heavy (non-hydrogen) atoms. The van der Waals surface area contributed by atoms with Crippen LogP contribution in [0.2, 0.25) is 0 Å². The first-order chi connectivity index (χ1) is 9.65. The number of likely N-dealkylation sites (tertiary alicyclic amines) is 1. The average molecular weight is 271 g/mol. The van der Waals surface area contributed by atoms with E-state index in [1.807, 2.05) is 24.3 Å². The van der Waals surface area contributed by atoms with Gasteiger partial charge in [-0.2, -0.15) is 0 Å². The number of aromatic hydroxyl groups is 1. The molecular formula is C16H17NO3. The molecular weight excluding hydrogens is 254 g/mol. The van der Waals surface area contributed by atoms with Crippen LogP contribution in [0, 0.1) is 0 Å². The molecule has 1 unspecified atom stereocenters. The number of amides is 1. The van der Waals surface area contributed by atoms with Gasteiger partial charge in [-0.05, 0) is 35.7 Å².